The third-order valence-corrected chi connectivity index (χ3v) is 2.19. The van der Waals surface area contributed by atoms with E-state index >= 15 is 0 Å². The molecular formula is C7H17N3. The molecule has 0 aliphatic heterocycles. The molecule has 0 saturated heterocycles. The summed E-state index contributed by atoms with van der Waals surface area (Å²) < 4.78 is 0. The molecule has 1 rings (SSSR count). The summed E-state index contributed by atoms with van der Waals surface area (Å²) in [4.78, 5) is 2.19. The Hall–Kier alpha value is -0.120. The Labute approximate surface area is 62.8 Å². The van der Waals surface area contributed by atoms with Gasteiger partial charge in [0.15, 0.2) is 0 Å². The zero-order valence-electron chi connectivity index (χ0n) is 7.09. The molecular weight excluding hydrogens is 126 g/mol. The van der Waals surface area contributed by atoms with Gasteiger partial charge in [0, 0.05) is 19.1 Å². The Bertz CT molecular complexity index is 116. The van der Waals surface area contributed by atoms with Gasteiger partial charge in [-0.1, -0.05) is 0 Å². The highest BCUT2D eigenvalue weighted by Gasteiger charge is 2.45. The Balaban J connectivity index is 2.38. The zero-order valence-corrected chi connectivity index (χ0v) is 7.09. The van der Waals surface area contributed by atoms with Gasteiger partial charge in [-0.2, -0.15) is 0 Å². The van der Waals surface area contributed by atoms with Gasteiger partial charge in [-0.25, -0.2) is 5.01 Å². The smallest absolute Gasteiger partial charge is 0.0476 e. The first kappa shape index (κ1) is 7.98. The maximum absolute atomic E-state index is 5.69. The van der Waals surface area contributed by atoms with Crippen LogP contribution in [0.4, 0.5) is 0 Å². The molecule has 1 saturated carbocycles. The molecule has 0 bridgehead atoms. The van der Waals surface area contributed by atoms with E-state index in [4.69, 9.17) is 5.84 Å². The largest absolute Gasteiger partial charge is 0.308 e. The van der Waals surface area contributed by atoms with Gasteiger partial charge in [-0.3, -0.25) is 5.84 Å². The summed E-state index contributed by atoms with van der Waals surface area (Å²) in [7, 11) is 6.13. The highest BCUT2D eigenvalue weighted by molar-refractivity contribution is 5.02. The van der Waals surface area contributed by atoms with Gasteiger partial charge in [0.25, 0.3) is 0 Å². The molecule has 60 valence electrons. The Morgan fingerprint density at radius 1 is 1.30 bits per heavy atom. The molecule has 0 heterocycles. The fourth-order valence-corrected chi connectivity index (χ4v) is 1.36. The van der Waals surface area contributed by atoms with Crippen LogP contribution in [0.1, 0.15) is 12.8 Å². The van der Waals surface area contributed by atoms with Gasteiger partial charge in [-0.05, 0) is 26.9 Å². The lowest BCUT2D eigenvalue weighted by Gasteiger charge is -2.26. The molecule has 0 atom stereocenters. The molecule has 0 aromatic rings. The number of likely N-dealkylation sites (N-methyl/N-ethyl adjacent to an activating group) is 2. The average molecular weight is 143 g/mol. The summed E-state index contributed by atoms with van der Waals surface area (Å²) in [5, 5.41) is 1.85. The summed E-state index contributed by atoms with van der Waals surface area (Å²) in [6, 6.07) is 0. The van der Waals surface area contributed by atoms with Gasteiger partial charge in [0.05, 0.1) is 0 Å². The minimum absolute atomic E-state index is 0.309. The standard InChI is InChI=1S/C7H17N3/c1-9(2)6-7(4-5-7)10(3)8/h4-6,8H2,1-3H3. The summed E-state index contributed by atoms with van der Waals surface area (Å²) in [6.07, 6.45) is 2.50. The van der Waals surface area contributed by atoms with Crippen molar-refractivity contribution in [2.75, 3.05) is 27.7 Å². The average Bonchev–Trinajstić information content (AvgIpc) is 2.46. The third-order valence-electron chi connectivity index (χ3n) is 2.19. The van der Waals surface area contributed by atoms with Gasteiger partial charge in [-0.15, -0.1) is 0 Å². The van der Waals surface area contributed by atoms with Crippen molar-refractivity contribution in [1.29, 1.82) is 0 Å². The molecule has 0 spiro atoms. The van der Waals surface area contributed by atoms with Crippen molar-refractivity contribution in [3.8, 4) is 0 Å². The third kappa shape index (κ3) is 1.48. The van der Waals surface area contributed by atoms with Crippen LogP contribution in [0.15, 0.2) is 0 Å². The van der Waals surface area contributed by atoms with E-state index in [1.807, 2.05) is 12.1 Å². The Kier molecular flexibility index (Phi) is 1.99. The van der Waals surface area contributed by atoms with Crippen molar-refractivity contribution in [2.24, 2.45) is 5.84 Å². The van der Waals surface area contributed by atoms with E-state index in [0.29, 0.717) is 5.54 Å². The normalized spacial score (nSPS) is 22.2. The van der Waals surface area contributed by atoms with E-state index in [0.717, 1.165) is 6.54 Å². The number of hydrogen-bond donors (Lipinski definition) is 1. The lowest BCUT2D eigenvalue weighted by Crippen LogP contribution is -2.45. The first-order valence-electron chi connectivity index (χ1n) is 3.70. The molecule has 1 fully saturated rings. The van der Waals surface area contributed by atoms with E-state index in [-0.39, 0.29) is 0 Å². The van der Waals surface area contributed by atoms with E-state index in [2.05, 4.69) is 19.0 Å². The summed E-state index contributed by atoms with van der Waals surface area (Å²) in [6.45, 7) is 1.08. The van der Waals surface area contributed by atoms with E-state index in [1.165, 1.54) is 12.8 Å². The van der Waals surface area contributed by atoms with Crippen LogP contribution in [0.2, 0.25) is 0 Å². The number of nitrogens with zero attached hydrogens (tertiary/aromatic N) is 2. The van der Waals surface area contributed by atoms with Crippen LogP contribution in [-0.4, -0.2) is 43.1 Å². The van der Waals surface area contributed by atoms with Crippen LogP contribution < -0.4 is 5.84 Å². The lowest BCUT2D eigenvalue weighted by molar-refractivity contribution is 0.179. The molecule has 1 aliphatic rings. The van der Waals surface area contributed by atoms with Crippen LogP contribution in [0, 0.1) is 0 Å². The fraction of sp³-hybridized carbons (Fsp3) is 1.00. The highest BCUT2D eigenvalue weighted by atomic mass is 15.5. The first-order valence-corrected chi connectivity index (χ1v) is 3.70. The van der Waals surface area contributed by atoms with Gasteiger partial charge in [0.1, 0.15) is 0 Å². The van der Waals surface area contributed by atoms with Crippen molar-refractivity contribution >= 4 is 0 Å². The second-order valence-corrected chi connectivity index (χ2v) is 3.57. The van der Waals surface area contributed by atoms with Crippen LogP contribution in [-0.2, 0) is 0 Å². The van der Waals surface area contributed by atoms with Crippen LogP contribution >= 0.6 is 0 Å². The fourth-order valence-electron chi connectivity index (χ4n) is 1.36. The van der Waals surface area contributed by atoms with Gasteiger partial charge in [0.2, 0.25) is 0 Å². The van der Waals surface area contributed by atoms with E-state index in [9.17, 15) is 0 Å². The van der Waals surface area contributed by atoms with E-state index < -0.39 is 0 Å². The molecule has 1 aliphatic carbocycles. The first-order chi connectivity index (χ1) is 4.57. The molecule has 0 aromatic heterocycles. The van der Waals surface area contributed by atoms with Crippen LogP contribution in [0.5, 0.6) is 0 Å². The number of hydrogen-bond acceptors (Lipinski definition) is 3. The summed E-state index contributed by atoms with van der Waals surface area (Å²) >= 11 is 0. The van der Waals surface area contributed by atoms with Crippen molar-refractivity contribution in [1.82, 2.24) is 9.91 Å². The van der Waals surface area contributed by atoms with Crippen LogP contribution in [0.3, 0.4) is 0 Å². The number of nitrogens with two attached hydrogens (primary N) is 1. The molecule has 0 radical (unpaired) electrons. The zero-order chi connectivity index (χ0) is 7.78. The SMILES string of the molecule is CN(C)CC1(N(C)N)CC1. The molecule has 3 heteroatoms. The quantitative estimate of drug-likeness (QED) is 0.442. The number of rotatable bonds is 3. The van der Waals surface area contributed by atoms with Gasteiger partial charge < -0.3 is 4.90 Å². The Morgan fingerprint density at radius 2 is 1.80 bits per heavy atom. The Morgan fingerprint density at radius 3 is 1.90 bits per heavy atom. The minimum atomic E-state index is 0.309. The molecule has 2 N–H and O–H groups in total. The molecule has 10 heavy (non-hydrogen) atoms. The maximum atomic E-state index is 5.69. The second-order valence-electron chi connectivity index (χ2n) is 3.57. The van der Waals surface area contributed by atoms with Crippen LogP contribution in [0.25, 0.3) is 0 Å². The molecule has 0 aromatic carbocycles. The van der Waals surface area contributed by atoms with Crippen molar-refractivity contribution in [3.63, 3.8) is 0 Å². The minimum Gasteiger partial charge on any atom is -0.308 e. The van der Waals surface area contributed by atoms with Gasteiger partial charge >= 0.3 is 0 Å². The number of hydrazine groups is 1. The predicted octanol–water partition coefficient (Wildman–Crippen LogP) is -0.114. The highest BCUT2D eigenvalue weighted by Crippen LogP contribution is 2.39. The maximum Gasteiger partial charge on any atom is 0.0476 e. The van der Waals surface area contributed by atoms with E-state index in [1.54, 1.807) is 0 Å². The topological polar surface area (TPSA) is 32.5 Å². The second kappa shape index (κ2) is 2.49. The molecule has 3 nitrogen and oxygen atoms in total. The lowest BCUT2D eigenvalue weighted by atomic mass is 10.2. The summed E-state index contributed by atoms with van der Waals surface area (Å²) in [5.41, 5.74) is 0.309. The summed E-state index contributed by atoms with van der Waals surface area (Å²) in [5.74, 6) is 5.69. The van der Waals surface area contributed by atoms with Crippen molar-refractivity contribution in [3.05, 3.63) is 0 Å². The van der Waals surface area contributed by atoms with Crippen molar-refractivity contribution < 1.29 is 0 Å². The molecule has 0 unspecified atom stereocenters. The monoisotopic (exact) mass is 143 g/mol. The predicted molar refractivity (Wildman–Crippen MR) is 42.5 cm³/mol. The molecule has 0 amide bonds. The van der Waals surface area contributed by atoms with Crippen molar-refractivity contribution in [2.45, 2.75) is 18.4 Å².